The molecule has 0 radical (unpaired) electrons. The van der Waals surface area contributed by atoms with Crippen LogP contribution in [-0.4, -0.2) is 80.6 Å². The SMILES string of the molecule is N#C[C@@H]1C[C@H](F)CN1C(=O)CNC1CCN(c2ccc(NS(=O)(=O)CC(F)(F)F)cn2)CC1. The Morgan fingerprint density at radius 3 is 2.55 bits per heavy atom. The second-order valence-corrected chi connectivity index (χ2v) is 9.77. The molecule has 3 rings (SSSR count). The van der Waals surface area contributed by atoms with Crippen LogP contribution in [0.3, 0.4) is 0 Å². The molecule has 33 heavy (non-hydrogen) atoms. The fourth-order valence-electron chi connectivity index (χ4n) is 3.89. The van der Waals surface area contributed by atoms with E-state index >= 15 is 0 Å². The molecule has 0 saturated carbocycles. The Kier molecular flexibility index (Phi) is 7.63. The second kappa shape index (κ2) is 10.1. The molecule has 2 aliphatic rings. The van der Waals surface area contributed by atoms with E-state index in [1.165, 1.54) is 17.0 Å². The number of amides is 1. The monoisotopic (exact) mass is 492 g/mol. The van der Waals surface area contributed by atoms with E-state index in [4.69, 9.17) is 5.26 Å². The first-order chi connectivity index (χ1) is 15.5. The number of piperidine rings is 1. The number of hydrogen-bond acceptors (Lipinski definition) is 7. The van der Waals surface area contributed by atoms with Crippen LogP contribution in [0.1, 0.15) is 19.3 Å². The van der Waals surface area contributed by atoms with Gasteiger partial charge in [0.15, 0.2) is 5.75 Å². The van der Waals surface area contributed by atoms with Gasteiger partial charge in [-0.2, -0.15) is 18.4 Å². The maximum atomic E-state index is 13.5. The van der Waals surface area contributed by atoms with E-state index in [9.17, 15) is 30.8 Å². The fraction of sp³-hybridized carbons (Fsp3) is 0.632. The van der Waals surface area contributed by atoms with Gasteiger partial charge in [-0.1, -0.05) is 0 Å². The van der Waals surface area contributed by atoms with Crippen LogP contribution < -0.4 is 14.9 Å². The number of sulfonamides is 1. The number of carbonyl (C=O) groups is 1. The summed E-state index contributed by atoms with van der Waals surface area (Å²) < 4.78 is 75.4. The minimum atomic E-state index is -4.84. The molecular formula is C19H24F4N6O3S. The van der Waals surface area contributed by atoms with Gasteiger partial charge in [-0.15, -0.1) is 0 Å². The summed E-state index contributed by atoms with van der Waals surface area (Å²) in [4.78, 5) is 19.6. The molecule has 2 saturated heterocycles. The number of nitrogens with zero attached hydrogens (tertiary/aromatic N) is 4. The lowest BCUT2D eigenvalue weighted by Gasteiger charge is -2.33. The molecule has 1 amide bonds. The number of aromatic nitrogens is 1. The van der Waals surface area contributed by atoms with Crippen LogP contribution in [0.2, 0.25) is 0 Å². The lowest BCUT2D eigenvalue weighted by atomic mass is 10.0. The number of nitrogens with one attached hydrogen (secondary N) is 2. The van der Waals surface area contributed by atoms with Gasteiger partial charge < -0.3 is 15.1 Å². The molecule has 14 heteroatoms. The van der Waals surface area contributed by atoms with Crippen molar-refractivity contribution in [2.75, 3.05) is 41.6 Å². The largest absolute Gasteiger partial charge is 0.404 e. The summed E-state index contributed by atoms with van der Waals surface area (Å²) >= 11 is 0. The molecule has 2 atom stereocenters. The standard InChI is InChI=1S/C19H24F4N6O3S/c20-13-7-16(8-24)29(11-13)18(30)10-25-14-3-5-28(6-4-14)17-2-1-15(9-26-17)27-33(31,32)12-19(21,22)23/h1-2,9,13-14,16,25,27H,3-7,10-12H2/t13-,16-/m0/s1. The first kappa shape index (κ1) is 25.0. The number of hydrogen-bond donors (Lipinski definition) is 2. The average molecular weight is 492 g/mol. The Hall–Kier alpha value is -2.66. The Balaban J connectivity index is 1.45. The minimum Gasteiger partial charge on any atom is -0.357 e. The van der Waals surface area contributed by atoms with Crippen molar-refractivity contribution in [1.29, 1.82) is 5.26 Å². The maximum absolute atomic E-state index is 13.5. The van der Waals surface area contributed by atoms with Gasteiger partial charge in [-0.25, -0.2) is 17.8 Å². The number of alkyl halides is 4. The first-order valence-electron chi connectivity index (χ1n) is 10.3. The Morgan fingerprint density at radius 2 is 1.97 bits per heavy atom. The molecule has 0 spiro atoms. The smallest absolute Gasteiger partial charge is 0.357 e. The zero-order chi connectivity index (χ0) is 24.2. The topological polar surface area (TPSA) is 118 Å². The van der Waals surface area contributed by atoms with Gasteiger partial charge in [0.2, 0.25) is 15.9 Å². The maximum Gasteiger partial charge on any atom is 0.404 e. The van der Waals surface area contributed by atoms with Crippen molar-refractivity contribution in [3.63, 3.8) is 0 Å². The van der Waals surface area contributed by atoms with E-state index in [0.717, 1.165) is 6.20 Å². The molecule has 2 N–H and O–H groups in total. The van der Waals surface area contributed by atoms with Crippen molar-refractivity contribution in [3.8, 4) is 6.07 Å². The summed E-state index contributed by atoms with van der Waals surface area (Å²) in [6.07, 6.45) is -3.46. The number of nitriles is 1. The van der Waals surface area contributed by atoms with Gasteiger partial charge in [-0.3, -0.25) is 9.52 Å². The fourth-order valence-corrected chi connectivity index (χ4v) is 4.88. The first-order valence-corrected chi connectivity index (χ1v) is 12.0. The summed E-state index contributed by atoms with van der Waals surface area (Å²) in [6, 6.07) is 4.13. The van der Waals surface area contributed by atoms with Gasteiger partial charge in [-0.05, 0) is 25.0 Å². The van der Waals surface area contributed by atoms with Crippen molar-refractivity contribution in [1.82, 2.24) is 15.2 Å². The van der Waals surface area contributed by atoms with Gasteiger partial charge in [0, 0.05) is 25.6 Å². The van der Waals surface area contributed by atoms with Gasteiger partial charge >= 0.3 is 6.18 Å². The van der Waals surface area contributed by atoms with Crippen LogP contribution in [0.25, 0.3) is 0 Å². The molecule has 1 aromatic rings. The molecule has 2 aliphatic heterocycles. The van der Waals surface area contributed by atoms with E-state index in [1.54, 1.807) is 0 Å². The molecule has 3 heterocycles. The number of pyridine rings is 1. The lowest BCUT2D eigenvalue weighted by Crippen LogP contribution is -2.47. The minimum absolute atomic E-state index is 0.0145. The molecule has 0 aromatic carbocycles. The predicted molar refractivity (Wildman–Crippen MR) is 112 cm³/mol. The average Bonchev–Trinajstić information content (AvgIpc) is 3.12. The highest BCUT2D eigenvalue weighted by Gasteiger charge is 2.36. The second-order valence-electron chi connectivity index (χ2n) is 8.05. The van der Waals surface area contributed by atoms with Crippen molar-refractivity contribution in [3.05, 3.63) is 18.3 Å². The zero-order valence-corrected chi connectivity index (χ0v) is 18.4. The van der Waals surface area contributed by atoms with Crippen molar-refractivity contribution in [2.45, 2.75) is 43.7 Å². The number of likely N-dealkylation sites (tertiary alicyclic amines) is 1. The summed E-state index contributed by atoms with van der Waals surface area (Å²) in [6.45, 7) is 1.13. The number of carbonyl (C=O) groups excluding carboxylic acids is 1. The molecule has 182 valence electrons. The van der Waals surface area contributed by atoms with Crippen molar-refractivity contribution < 1.29 is 30.8 Å². The van der Waals surface area contributed by atoms with Crippen LogP contribution in [0, 0.1) is 11.3 Å². The molecule has 0 unspecified atom stereocenters. The molecule has 1 aromatic heterocycles. The van der Waals surface area contributed by atoms with Gasteiger partial charge in [0.25, 0.3) is 0 Å². The summed E-state index contributed by atoms with van der Waals surface area (Å²) in [5, 5.41) is 12.2. The van der Waals surface area contributed by atoms with E-state index in [0.29, 0.717) is 31.7 Å². The molecule has 2 fully saturated rings. The Bertz CT molecular complexity index is 975. The third-order valence-electron chi connectivity index (χ3n) is 5.46. The highest BCUT2D eigenvalue weighted by atomic mass is 32.2. The highest BCUT2D eigenvalue weighted by molar-refractivity contribution is 7.92. The lowest BCUT2D eigenvalue weighted by molar-refractivity contribution is -0.130. The van der Waals surface area contributed by atoms with E-state index < -0.39 is 34.2 Å². The van der Waals surface area contributed by atoms with Gasteiger partial charge in [0.05, 0.1) is 31.0 Å². The quantitative estimate of drug-likeness (QED) is 0.553. The molecular weight excluding hydrogens is 468 g/mol. The van der Waals surface area contributed by atoms with E-state index in [-0.39, 0.29) is 37.1 Å². The Morgan fingerprint density at radius 1 is 1.27 bits per heavy atom. The molecule has 0 bridgehead atoms. The highest BCUT2D eigenvalue weighted by Crippen LogP contribution is 2.23. The predicted octanol–water partition coefficient (Wildman–Crippen LogP) is 1.41. The number of anilines is 2. The summed E-state index contributed by atoms with van der Waals surface area (Å²) in [7, 11) is -4.57. The molecule has 9 nitrogen and oxygen atoms in total. The summed E-state index contributed by atoms with van der Waals surface area (Å²) in [5.41, 5.74) is -0.0637. The third-order valence-corrected chi connectivity index (χ3v) is 6.71. The Labute approximate surface area is 188 Å². The van der Waals surface area contributed by atoms with Crippen LogP contribution in [-0.2, 0) is 14.8 Å². The van der Waals surface area contributed by atoms with E-state index in [1.807, 2.05) is 15.7 Å². The van der Waals surface area contributed by atoms with E-state index in [2.05, 4.69) is 10.3 Å². The van der Waals surface area contributed by atoms with Crippen LogP contribution in [0.4, 0.5) is 29.1 Å². The number of halogens is 4. The van der Waals surface area contributed by atoms with Crippen LogP contribution in [0.15, 0.2) is 18.3 Å². The van der Waals surface area contributed by atoms with Crippen LogP contribution in [0.5, 0.6) is 0 Å². The zero-order valence-electron chi connectivity index (χ0n) is 17.6. The summed E-state index contributed by atoms with van der Waals surface area (Å²) in [5.74, 6) is -1.74. The van der Waals surface area contributed by atoms with Crippen molar-refractivity contribution >= 4 is 27.4 Å². The van der Waals surface area contributed by atoms with Gasteiger partial charge in [0.1, 0.15) is 18.0 Å². The van der Waals surface area contributed by atoms with Crippen LogP contribution >= 0.6 is 0 Å². The third kappa shape index (κ3) is 7.16. The van der Waals surface area contributed by atoms with Crippen molar-refractivity contribution in [2.24, 2.45) is 0 Å². The molecule has 0 aliphatic carbocycles. The number of rotatable bonds is 7. The normalized spacial score (nSPS) is 22.3.